The number of hydrogen-bond acceptors (Lipinski definition) is 5. The van der Waals surface area contributed by atoms with Crippen LogP contribution in [0.15, 0.2) is 42.6 Å². The van der Waals surface area contributed by atoms with Crippen LogP contribution in [0, 0.1) is 23.7 Å². The molecule has 3 fully saturated rings. The van der Waals surface area contributed by atoms with Crippen molar-refractivity contribution in [2.75, 3.05) is 13.7 Å². The van der Waals surface area contributed by atoms with Crippen LogP contribution in [0.25, 0.3) is 45.0 Å². The van der Waals surface area contributed by atoms with Gasteiger partial charge in [0, 0.05) is 49.9 Å². The third-order valence-corrected chi connectivity index (χ3v) is 10.2. The fourth-order valence-corrected chi connectivity index (χ4v) is 7.70. The van der Waals surface area contributed by atoms with E-state index in [9.17, 15) is 4.79 Å². The van der Waals surface area contributed by atoms with Crippen LogP contribution in [0.2, 0.25) is 0 Å². The van der Waals surface area contributed by atoms with E-state index in [1.54, 1.807) is 7.11 Å². The second-order valence-electron chi connectivity index (χ2n) is 13.8. The van der Waals surface area contributed by atoms with Crippen molar-refractivity contribution < 1.29 is 9.53 Å². The molecule has 3 atom stereocenters. The Morgan fingerprint density at radius 2 is 1.89 bits per heavy atom. The molecular formula is C35H41N7O2. The number of rotatable bonds is 8. The number of fused-ring (bicyclic) bond motifs is 4. The number of benzene rings is 1. The number of amides is 1. The number of likely N-dealkylation sites (tertiary alicyclic amines) is 1. The van der Waals surface area contributed by atoms with Gasteiger partial charge in [0.15, 0.2) is 5.82 Å². The Balaban J connectivity index is 1.21. The largest absolute Gasteiger partial charge is 0.494 e. The maximum Gasteiger partial charge on any atom is 0.254 e. The maximum absolute atomic E-state index is 13.8. The Hall–Kier alpha value is -4.14. The standard InChI is InChI=1S/C35H41N7O2/c1-20(2)17-40-13-12-27(38-40)26-10-8-23-15-30(41(33(23)36-26)18-22-6-7-22)34-37-28-14-25(16-31(44-5)32(28)39(34)4)35(43)42-19-24-9-11-29(42)21(24)3/h8,10,12-16,20-22,24,29H,6-7,9,11,17-19H2,1-5H3/t21-,24?,29?/m1/s1. The highest BCUT2D eigenvalue weighted by Gasteiger charge is 2.46. The normalized spacial score (nSPS) is 21.4. The number of carbonyl (C=O) groups is 1. The number of imidazole rings is 1. The number of methoxy groups -OCH3 is 1. The summed E-state index contributed by atoms with van der Waals surface area (Å²) in [5, 5.41) is 5.89. The van der Waals surface area contributed by atoms with Gasteiger partial charge in [-0.15, -0.1) is 0 Å². The zero-order valence-corrected chi connectivity index (χ0v) is 26.3. The van der Waals surface area contributed by atoms with Crippen LogP contribution in [0.1, 0.15) is 56.8 Å². The Bertz CT molecular complexity index is 1910. The number of aryl methyl sites for hydroxylation is 1. The SMILES string of the molecule is COc1cc(C(=O)N2CC3CCC2[C@@H]3C)cc2nc(-c3cc4ccc(-c5ccn(CC(C)C)n5)nc4n3CC3CC3)n(C)c12. The Labute approximate surface area is 257 Å². The first kappa shape index (κ1) is 27.4. The Kier molecular flexibility index (Phi) is 6.36. The van der Waals surface area contributed by atoms with Gasteiger partial charge in [0.05, 0.1) is 24.0 Å². The summed E-state index contributed by atoms with van der Waals surface area (Å²) in [6, 6.07) is 12.7. The van der Waals surface area contributed by atoms with Gasteiger partial charge >= 0.3 is 0 Å². The monoisotopic (exact) mass is 591 g/mol. The second-order valence-corrected chi connectivity index (χ2v) is 13.8. The molecule has 0 radical (unpaired) electrons. The molecule has 2 saturated carbocycles. The zero-order chi connectivity index (χ0) is 30.3. The van der Waals surface area contributed by atoms with Crippen molar-refractivity contribution >= 4 is 28.0 Å². The molecule has 0 spiro atoms. The summed E-state index contributed by atoms with van der Waals surface area (Å²) in [6.07, 6.45) is 6.84. The molecule has 9 heteroatoms. The van der Waals surface area contributed by atoms with Gasteiger partial charge in [-0.3, -0.25) is 9.48 Å². The van der Waals surface area contributed by atoms with Crippen molar-refractivity contribution in [3.8, 4) is 28.7 Å². The Morgan fingerprint density at radius 1 is 1.05 bits per heavy atom. The van der Waals surface area contributed by atoms with Crippen molar-refractivity contribution in [3.63, 3.8) is 0 Å². The number of pyridine rings is 1. The van der Waals surface area contributed by atoms with Gasteiger partial charge in [0.1, 0.15) is 22.6 Å². The summed E-state index contributed by atoms with van der Waals surface area (Å²) in [5.41, 5.74) is 6.07. The Morgan fingerprint density at radius 3 is 2.59 bits per heavy atom. The van der Waals surface area contributed by atoms with Crippen molar-refractivity contribution in [3.05, 3.63) is 48.2 Å². The van der Waals surface area contributed by atoms with Crippen LogP contribution in [0.4, 0.5) is 0 Å². The topological polar surface area (TPSA) is 83.0 Å². The van der Waals surface area contributed by atoms with E-state index in [2.05, 4.69) is 59.1 Å². The van der Waals surface area contributed by atoms with Crippen LogP contribution in [0.5, 0.6) is 5.75 Å². The van der Waals surface area contributed by atoms with Crippen LogP contribution in [-0.4, -0.2) is 59.4 Å². The first-order valence-electron chi connectivity index (χ1n) is 16.2. The van der Waals surface area contributed by atoms with Gasteiger partial charge in [-0.1, -0.05) is 20.8 Å². The highest BCUT2D eigenvalue weighted by atomic mass is 16.5. The molecule has 44 heavy (non-hydrogen) atoms. The summed E-state index contributed by atoms with van der Waals surface area (Å²) in [4.78, 5) is 26.2. The van der Waals surface area contributed by atoms with Crippen LogP contribution >= 0.6 is 0 Å². The minimum absolute atomic E-state index is 0.0897. The third kappa shape index (κ3) is 4.42. The predicted octanol–water partition coefficient (Wildman–Crippen LogP) is 6.40. The highest BCUT2D eigenvalue weighted by Crippen LogP contribution is 2.44. The summed E-state index contributed by atoms with van der Waals surface area (Å²) in [5.74, 6) is 3.97. The lowest BCUT2D eigenvalue weighted by atomic mass is 10.0. The van der Waals surface area contributed by atoms with Crippen molar-refractivity contribution in [2.45, 2.75) is 65.6 Å². The molecule has 2 unspecified atom stereocenters. The predicted molar refractivity (Wildman–Crippen MR) is 171 cm³/mol. The first-order valence-corrected chi connectivity index (χ1v) is 16.2. The summed E-state index contributed by atoms with van der Waals surface area (Å²) in [7, 11) is 3.71. The van der Waals surface area contributed by atoms with Crippen molar-refractivity contribution in [2.24, 2.45) is 30.7 Å². The second kappa shape index (κ2) is 10.2. The maximum atomic E-state index is 13.8. The molecule has 2 bridgehead atoms. The number of hydrogen-bond donors (Lipinski definition) is 0. The van der Waals surface area contributed by atoms with Gasteiger partial charge in [0.2, 0.25) is 0 Å². The van der Waals surface area contributed by atoms with E-state index in [0.29, 0.717) is 41.0 Å². The minimum Gasteiger partial charge on any atom is -0.494 e. The highest BCUT2D eigenvalue weighted by molar-refractivity contribution is 6.00. The molecule has 8 rings (SSSR count). The molecule has 1 saturated heterocycles. The van der Waals surface area contributed by atoms with E-state index in [1.807, 2.05) is 30.1 Å². The molecule has 1 aliphatic heterocycles. The zero-order valence-electron chi connectivity index (χ0n) is 26.3. The molecule has 2 aliphatic carbocycles. The van der Waals surface area contributed by atoms with Gasteiger partial charge in [0.25, 0.3) is 5.91 Å². The van der Waals surface area contributed by atoms with E-state index in [4.69, 9.17) is 19.8 Å². The third-order valence-electron chi connectivity index (χ3n) is 10.2. The molecule has 9 nitrogen and oxygen atoms in total. The van der Waals surface area contributed by atoms with Gasteiger partial charge in [-0.2, -0.15) is 5.10 Å². The molecule has 5 heterocycles. The average molecular weight is 592 g/mol. The average Bonchev–Trinajstić information content (AvgIpc) is 3.29. The molecule has 3 aliphatic rings. The smallest absolute Gasteiger partial charge is 0.254 e. The van der Waals surface area contributed by atoms with Crippen molar-refractivity contribution in [1.82, 2.24) is 33.8 Å². The van der Waals surface area contributed by atoms with Crippen LogP contribution < -0.4 is 4.74 Å². The van der Waals surface area contributed by atoms with Gasteiger partial charge in [-0.05, 0) is 85.8 Å². The quantitative estimate of drug-likeness (QED) is 0.209. The molecule has 1 aromatic carbocycles. The van der Waals surface area contributed by atoms with Crippen LogP contribution in [0.3, 0.4) is 0 Å². The van der Waals surface area contributed by atoms with E-state index >= 15 is 0 Å². The molecule has 4 aromatic heterocycles. The lowest BCUT2D eigenvalue weighted by Crippen LogP contribution is -2.38. The minimum atomic E-state index is 0.0897. The fourth-order valence-electron chi connectivity index (χ4n) is 7.70. The lowest BCUT2D eigenvalue weighted by molar-refractivity contribution is 0.0696. The van der Waals surface area contributed by atoms with Gasteiger partial charge in [-0.25, -0.2) is 9.97 Å². The number of nitrogens with zero attached hydrogens (tertiary/aromatic N) is 7. The molecular weight excluding hydrogens is 550 g/mol. The van der Waals surface area contributed by atoms with Crippen LogP contribution in [-0.2, 0) is 20.1 Å². The number of piperidine rings is 1. The summed E-state index contributed by atoms with van der Waals surface area (Å²) in [6.45, 7) is 9.33. The number of ether oxygens (including phenoxy) is 1. The first-order chi connectivity index (χ1) is 21.3. The number of carbonyl (C=O) groups excluding carboxylic acids is 1. The molecule has 5 aromatic rings. The van der Waals surface area contributed by atoms with Crippen molar-refractivity contribution in [1.29, 1.82) is 0 Å². The molecule has 0 N–H and O–H groups in total. The van der Waals surface area contributed by atoms with E-state index in [0.717, 1.165) is 71.0 Å². The van der Waals surface area contributed by atoms with Gasteiger partial charge < -0.3 is 18.8 Å². The summed E-state index contributed by atoms with van der Waals surface area (Å²) < 4.78 is 12.3. The number of aromatic nitrogens is 6. The molecule has 228 valence electrons. The molecule has 1 amide bonds. The summed E-state index contributed by atoms with van der Waals surface area (Å²) >= 11 is 0. The van der Waals surface area contributed by atoms with E-state index in [1.165, 1.54) is 19.3 Å². The van der Waals surface area contributed by atoms with E-state index in [-0.39, 0.29) is 5.91 Å². The fraction of sp³-hybridized carbons (Fsp3) is 0.486. The lowest BCUT2D eigenvalue weighted by Gasteiger charge is -2.27. The van der Waals surface area contributed by atoms with E-state index < -0.39 is 0 Å².